The third kappa shape index (κ3) is 7.35. The van der Waals surface area contributed by atoms with Gasteiger partial charge in [0.15, 0.2) is 11.4 Å². The molecule has 0 amide bonds. The summed E-state index contributed by atoms with van der Waals surface area (Å²) >= 11 is 1.36. The van der Waals surface area contributed by atoms with Gasteiger partial charge in [-0.2, -0.15) is 13.2 Å². The molecule has 1 atom stereocenters. The largest absolute Gasteiger partial charge is 0.416 e. The number of thiazole rings is 1. The topological polar surface area (TPSA) is 84.2 Å². The number of hydrogen-bond donors (Lipinski definition) is 2. The zero-order chi connectivity index (χ0) is 28.6. The predicted molar refractivity (Wildman–Crippen MR) is 149 cm³/mol. The first-order valence-corrected chi connectivity index (χ1v) is 13.5. The first kappa shape index (κ1) is 28.5. The van der Waals surface area contributed by atoms with Crippen molar-refractivity contribution in [3.8, 4) is 0 Å². The van der Waals surface area contributed by atoms with Gasteiger partial charge in [0.25, 0.3) is 0 Å². The minimum atomic E-state index is -4.38. The van der Waals surface area contributed by atoms with E-state index in [9.17, 15) is 18.0 Å². The molecule has 0 spiro atoms. The van der Waals surface area contributed by atoms with E-state index in [-0.39, 0.29) is 29.1 Å². The van der Waals surface area contributed by atoms with E-state index in [0.29, 0.717) is 22.0 Å². The predicted octanol–water partition coefficient (Wildman–Crippen LogP) is 7.95. The van der Waals surface area contributed by atoms with Crippen molar-refractivity contribution in [2.45, 2.75) is 72.0 Å². The molecule has 208 valence electrons. The molecule has 11 heteroatoms. The molecule has 0 aliphatic heterocycles. The number of alkyl halides is 3. The Balaban J connectivity index is 1.43. The quantitative estimate of drug-likeness (QED) is 0.203. The average molecular weight is 559 g/mol. The van der Waals surface area contributed by atoms with Crippen LogP contribution >= 0.6 is 11.3 Å². The number of anilines is 3. The molecular formula is C28H33F3N6OS. The van der Waals surface area contributed by atoms with Crippen molar-refractivity contribution in [3.63, 3.8) is 0 Å². The number of fused-ring (bicyclic) bond motifs is 1. The fraction of sp³-hybridized carbons (Fsp3) is 0.429. The number of Topliss-reactive ketones (excluding diaryl/α,β-unsaturated/α-hetero) is 1. The van der Waals surface area contributed by atoms with Gasteiger partial charge in [-0.15, -0.1) is 11.3 Å². The number of carbonyl (C=O) groups excluding carboxylic acids is 1. The molecule has 0 aliphatic rings. The van der Waals surface area contributed by atoms with Crippen LogP contribution in [0.15, 0.2) is 49.1 Å². The Bertz CT molecular complexity index is 1450. The summed E-state index contributed by atoms with van der Waals surface area (Å²) in [5, 5.41) is 8.05. The first-order valence-electron chi connectivity index (χ1n) is 12.6. The summed E-state index contributed by atoms with van der Waals surface area (Å²) in [6.45, 7) is 12.8. The van der Waals surface area contributed by atoms with E-state index in [2.05, 4.69) is 60.2 Å². The van der Waals surface area contributed by atoms with E-state index in [0.717, 1.165) is 29.4 Å². The summed E-state index contributed by atoms with van der Waals surface area (Å²) in [6, 6.07) is 4.81. The highest BCUT2D eigenvalue weighted by atomic mass is 32.1. The number of nitrogens with zero attached hydrogens (tertiary/aromatic N) is 4. The Hall–Kier alpha value is -3.47. The van der Waals surface area contributed by atoms with Crippen molar-refractivity contribution in [3.05, 3.63) is 65.3 Å². The normalized spacial score (nSPS) is 13.5. The van der Waals surface area contributed by atoms with Gasteiger partial charge in [0.1, 0.15) is 16.5 Å². The number of nitrogens with one attached hydrogen (secondary N) is 2. The maximum atomic E-state index is 13.1. The van der Waals surface area contributed by atoms with E-state index in [1.165, 1.54) is 23.5 Å². The molecule has 0 saturated carbocycles. The molecule has 0 radical (unpaired) electrons. The molecule has 7 nitrogen and oxygen atoms in total. The molecule has 1 unspecified atom stereocenters. The van der Waals surface area contributed by atoms with Crippen LogP contribution in [0.25, 0.3) is 5.65 Å². The summed E-state index contributed by atoms with van der Waals surface area (Å²) in [4.78, 5) is 26.3. The molecule has 0 fully saturated rings. The molecule has 0 bridgehead atoms. The first-order chi connectivity index (χ1) is 18.1. The van der Waals surface area contributed by atoms with E-state index in [1.807, 2.05) is 11.3 Å². The van der Waals surface area contributed by atoms with Crippen molar-refractivity contribution in [1.29, 1.82) is 0 Å². The molecule has 3 aromatic heterocycles. The molecular weight excluding hydrogens is 525 g/mol. The van der Waals surface area contributed by atoms with E-state index >= 15 is 0 Å². The van der Waals surface area contributed by atoms with Crippen molar-refractivity contribution in [1.82, 2.24) is 19.4 Å². The van der Waals surface area contributed by atoms with Crippen LogP contribution in [0, 0.1) is 5.41 Å². The maximum Gasteiger partial charge on any atom is 0.416 e. The Morgan fingerprint density at radius 3 is 2.33 bits per heavy atom. The molecule has 4 aromatic rings. The van der Waals surface area contributed by atoms with Gasteiger partial charge >= 0.3 is 6.18 Å². The highest BCUT2D eigenvalue weighted by Crippen LogP contribution is 2.33. The minimum absolute atomic E-state index is 0.120. The standard InChI is InChI=1S/C28H33F3N6OS/c1-17(25-34-14-24(39-25)35-19-9-7-18(8-10-19)28(29,30)31)11-21(38)20-15-37-22(12-32-20)33-13-23(37)36-27(5,6)16-26(2,3)4/h7-10,12-15,17,35-36H,11,16H2,1-6H3. The second kappa shape index (κ2) is 10.6. The Morgan fingerprint density at radius 1 is 1.00 bits per heavy atom. The number of halogens is 3. The average Bonchev–Trinajstić information content (AvgIpc) is 3.44. The van der Waals surface area contributed by atoms with Crippen LogP contribution in [-0.2, 0) is 6.18 Å². The minimum Gasteiger partial charge on any atom is -0.365 e. The van der Waals surface area contributed by atoms with Crippen LogP contribution in [0.2, 0.25) is 0 Å². The van der Waals surface area contributed by atoms with Gasteiger partial charge in [-0.3, -0.25) is 9.20 Å². The van der Waals surface area contributed by atoms with Crippen molar-refractivity contribution >= 4 is 39.3 Å². The Labute approximate surface area is 229 Å². The summed E-state index contributed by atoms with van der Waals surface area (Å²) in [7, 11) is 0. The van der Waals surface area contributed by atoms with Gasteiger partial charge in [-0.05, 0) is 49.9 Å². The second-order valence-corrected chi connectivity index (χ2v) is 12.7. The molecule has 4 rings (SSSR count). The maximum absolute atomic E-state index is 13.1. The highest BCUT2D eigenvalue weighted by Gasteiger charge is 2.30. The molecule has 0 saturated heterocycles. The smallest absolute Gasteiger partial charge is 0.365 e. The van der Waals surface area contributed by atoms with Gasteiger partial charge in [0, 0.05) is 29.8 Å². The lowest BCUT2D eigenvalue weighted by Crippen LogP contribution is -2.35. The van der Waals surface area contributed by atoms with Gasteiger partial charge in [0.2, 0.25) is 0 Å². The van der Waals surface area contributed by atoms with Crippen LogP contribution in [0.5, 0.6) is 0 Å². The van der Waals surface area contributed by atoms with Crippen molar-refractivity contribution < 1.29 is 18.0 Å². The van der Waals surface area contributed by atoms with Crippen molar-refractivity contribution in [2.24, 2.45) is 5.41 Å². The molecule has 1 aromatic carbocycles. The van der Waals surface area contributed by atoms with Gasteiger partial charge in [0.05, 0.1) is 29.2 Å². The molecule has 2 N–H and O–H groups in total. The number of imidazole rings is 1. The molecule has 3 heterocycles. The monoisotopic (exact) mass is 558 g/mol. The van der Waals surface area contributed by atoms with Crippen LogP contribution in [-0.4, -0.2) is 30.7 Å². The molecule has 39 heavy (non-hydrogen) atoms. The zero-order valence-electron chi connectivity index (χ0n) is 22.8. The number of aromatic nitrogens is 4. The lowest BCUT2D eigenvalue weighted by molar-refractivity contribution is -0.137. The van der Waals surface area contributed by atoms with E-state index < -0.39 is 11.7 Å². The Morgan fingerprint density at radius 2 is 1.69 bits per heavy atom. The summed E-state index contributed by atoms with van der Waals surface area (Å²) in [6.07, 6.45) is 3.44. The van der Waals surface area contributed by atoms with Crippen LogP contribution in [0.3, 0.4) is 0 Å². The lowest BCUT2D eigenvalue weighted by atomic mass is 9.82. The van der Waals surface area contributed by atoms with E-state index in [1.54, 1.807) is 24.8 Å². The number of ketones is 1. The number of carbonyl (C=O) groups is 1. The van der Waals surface area contributed by atoms with Gasteiger partial charge in [-0.1, -0.05) is 27.7 Å². The second-order valence-electron chi connectivity index (χ2n) is 11.7. The summed E-state index contributed by atoms with van der Waals surface area (Å²) in [5.41, 5.74) is 0.751. The molecule has 0 aliphatic carbocycles. The highest BCUT2D eigenvalue weighted by molar-refractivity contribution is 7.15. The number of benzene rings is 1. The summed E-state index contributed by atoms with van der Waals surface area (Å²) < 4.78 is 40.2. The van der Waals surface area contributed by atoms with Gasteiger partial charge in [-0.25, -0.2) is 15.0 Å². The van der Waals surface area contributed by atoms with Crippen LogP contribution < -0.4 is 10.6 Å². The SMILES string of the molecule is CC(CC(=O)c1cn2c(NC(C)(C)CC(C)(C)C)cnc2cn1)c1ncc(Nc2ccc(C(F)(F)F)cc2)s1. The Kier molecular flexibility index (Phi) is 7.75. The fourth-order valence-electron chi connectivity index (χ4n) is 4.77. The zero-order valence-corrected chi connectivity index (χ0v) is 23.7. The van der Waals surface area contributed by atoms with Gasteiger partial charge < -0.3 is 10.6 Å². The third-order valence-electron chi connectivity index (χ3n) is 6.04. The van der Waals surface area contributed by atoms with E-state index in [4.69, 9.17) is 0 Å². The summed E-state index contributed by atoms with van der Waals surface area (Å²) in [5.74, 6) is 0.502. The third-order valence-corrected chi connectivity index (χ3v) is 7.18. The van der Waals surface area contributed by atoms with Crippen LogP contribution in [0.4, 0.5) is 29.7 Å². The number of rotatable bonds is 9. The van der Waals surface area contributed by atoms with Crippen molar-refractivity contribution in [2.75, 3.05) is 10.6 Å². The van der Waals surface area contributed by atoms with Crippen LogP contribution in [0.1, 0.15) is 81.4 Å². The lowest BCUT2D eigenvalue weighted by Gasteiger charge is -2.33. The number of hydrogen-bond acceptors (Lipinski definition) is 7. The fourth-order valence-corrected chi connectivity index (χ4v) is 5.66.